The molecule has 0 amide bonds. The average molecular weight is 143 g/mol. The van der Waals surface area contributed by atoms with E-state index in [1.807, 2.05) is 6.08 Å². The van der Waals surface area contributed by atoms with E-state index in [2.05, 4.69) is 13.0 Å². The van der Waals surface area contributed by atoms with Gasteiger partial charge in [-0.1, -0.05) is 19.1 Å². The smallest absolute Gasteiger partial charge is 0.0666 e. The fourth-order valence-electron chi connectivity index (χ4n) is 0.617. The minimum absolute atomic E-state index is 0.109. The van der Waals surface area contributed by atoms with Crippen LogP contribution in [0.1, 0.15) is 26.7 Å². The van der Waals surface area contributed by atoms with Crippen molar-refractivity contribution in [2.75, 3.05) is 0 Å². The van der Waals surface area contributed by atoms with Gasteiger partial charge in [-0.05, 0) is 19.8 Å². The lowest BCUT2D eigenvalue weighted by Crippen LogP contribution is -2.31. The van der Waals surface area contributed by atoms with Crippen molar-refractivity contribution in [2.45, 2.75) is 38.8 Å². The molecule has 0 heterocycles. The lowest BCUT2D eigenvalue weighted by atomic mass is 10.1. The van der Waals surface area contributed by atoms with Crippen LogP contribution in [0.4, 0.5) is 0 Å². The van der Waals surface area contributed by atoms with Gasteiger partial charge in [0.1, 0.15) is 0 Å². The molecule has 2 nitrogen and oxygen atoms in total. The maximum absolute atomic E-state index is 8.96. The van der Waals surface area contributed by atoms with Crippen molar-refractivity contribution < 1.29 is 5.11 Å². The molecule has 0 saturated carbocycles. The molecule has 0 aromatic rings. The molecule has 0 fully saturated rings. The van der Waals surface area contributed by atoms with Crippen molar-refractivity contribution in [1.29, 1.82) is 0 Å². The minimum Gasteiger partial charge on any atom is -0.392 e. The van der Waals surface area contributed by atoms with Crippen molar-refractivity contribution >= 4 is 0 Å². The van der Waals surface area contributed by atoms with Crippen LogP contribution in [0.25, 0.3) is 0 Å². The van der Waals surface area contributed by atoms with Gasteiger partial charge < -0.3 is 10.8 Å². The molecule has 0 aromatic heterocycles. The number of hydrogen-bond donors (Lipinski definition) is 2. The van der Waals surface area contributed by atoms with Crippen LogP contribution >= 0.6 is 0 Å². The zero-order chi connectivity index (χ0) is 7.98. The van der Waals surface area contributed by atoms with E-state index in [4.69, 9.17) is 10.8 Å². The molecule has 0 aliphatic heterocycles. The first-order chi connectivity index (χ1) is 4.68. The van der Waals surface area contributed by atoms with E-state index in [1.165, 1.54) is 0 Å². The fourth-order valence-corrected chi connectivity index (χ4v) is 0.617. The Kier molecular flexibility index (Phi) is 5.26. The summed E-state index contributed by atoms with van der Waals surface area (Å²) in [5.41, 5.74) is 5.56. The van der Waals surface area contributed by atoms with Crippen molar-refractivity contribution in [3.05, 3.63) is 12.2 Å². The van der Waals surface area contributed by atoms with E-state index in [-0.39, 0.29) is 6.04 Å². The molecule has 0 bridgehead atoms. The molecule has 0 aliphatic rings. The molecule has 1 unspecified atom stereocenters. The van der Waals surface area contributed by atoms with Gasteiger partial charge in [0.25, 0.3) is 0 Å². The third-order valence-corrected chi connectivity index (χ3v) is 1.43. The molecule has 0 aliphatic carbocycles. The maximum Gasteiger partial charge on any atom is 0.0666 e. The summed E-state index contributed by atoms with van der Waals surface area (Å²) < 4.78 is 0. The van der Waals surface area contributed by atoms with Gasteiger partial charge in [0.2, 0.25) is 0 Å². The first-order valence-corrected chi connectivity index (χ1v) is 3.77. The number of allylic oxidation sites excluding steroid dienone is 1. The van der Waals surface area contributed by atoms with Gasteiger partial charge in [0.15, 0.2) is 0 Å². The van der Waals surface area contributed by atoms with Crippen LogP contribution in [-0.4, -0.2) is 17.3 Å². The average Bonchev–Trinajstić information content (AvgIpc) is 1.88. The predicted octanol–water partition coefficient (Wildman–Crippen LogP) is 1.05. The summed E-state index contributed by atoms with van der Waals surface area (Å²) in [6.45, 7) is 3.79. The number of hydrogen-bond acceptors (Lipinski definition) is 2. The Bertz CT molecular complexity index is 99.4. The highest BCUT2D eigenvalue weighted by atomic mass is 16.3. The van der Waals surface area contributed by atoms with E-state index in [0.29, 0.717) is 0 Å². The van der Waals surface area contributed by atoms with Crippen LogP contribution in [0.2, 0.25) is 0 Å². The SMILES string of the molecule is CC/C=C\C[C@@H](N)C(C)O. The molecular weight excluding hydrogens is 126 g/mol. The molecule has 60 valence electrons. The number of aliphatic hydroxyl groups excluding tert-OH is 1. The molecule has 10 heavy (non-hydrogen) atoms. The highest BCUT2D eigenvalue weighted by Gasteiger charge is 2.05. The van der Waals surface area contributed by atoms with Gasteiger partial charge in [0, 0.05) is 6.04 Å². The van der Waals surface area contributed by atoms with Crippen molar-refractivity contribution in [3.63, 3.8) is 0 Å². The Morgan fingerprint density at radius 1 is 1.50 bits per heavy atom. The third-order valence-electron chi connectivity index (χ3n) is 1.43. The maximum atomic E-state index is 8.96. The molecular formula is C8H17NO. The van der Waals surface area contributed by atoms with Crippen LogP contribution in [0, 0.1) is 0 Å². The normalized spacial score (nSPS) is 17.6. The first kappa shape index (κ1) is 9.66. The van der Waals surface area contributed by atoms with E-state index in [1.54, 1.807) is 6.92 Å². The summed E-state index contributed by atoms with van der Waals surface area (Å²) in [7, 11) is 0. The molecule has 0 spiro atoms. The van der Waals surface area contributed by atoms with Crippen LogP contribution in [0.3, 0.4) is 0 Å². The van der Waals surface area contributed by atoms with E-state index in [9.17, 15) is 0 Å². The molecule has 0 radical (unpaired) electrons. The summed E-state index contributed by atoms with van der Waals surface area (Å²) >= 11 is 0. The third kappa shape index (κ3) is 4.53. The Morgan fingerprint density at radius 3 is 2.50 bits per heavy atom. The highest BCUT2D eigenvalue weighted by Crippen LogP contribution is 1.96. The number of rotatable bonds is 4. The lowest BCUT2D eigenvalue weighted by molar-refractivity contribution is 0.164. The zero-order valence-electron chi connectivity index (χ0n) is 6.75. The first-order valence-electron chi connectivity index (χ1n) is 3.77. The number of aliphatic hydroxyl groups is 1. The monoisotopic (exact) mass is 143 g/mol. The summed E-state index contributed by atoms with van der Waals surface area (Å²) in [5.74, 6) is 0. The second-order valence-electron chi connectivity index (χ2n) is 2.52. The van der Waals surface area contributed by atoms with Gasteiger partial charge in [-0.2, -0.15) is 0 Å². The molecule has 3 N–H and O–H groups in total. The van der Waals surface area contributed by atoms with Gasteiger partial charge in [-0.25, -0.2) is 0 Å². The summed E-state index contributed by atoms with van der Waals surface area (Å²) in [6, 6.07) is -0.109. The largest absolute Gasteiger partial charge is 0.392 e. The molecule has 2 heteroatoms. The Morgan fingerprint density at radius 2 is 2.10 bits per heavy atom. The lowest BCUT2D eigenvalue weighted by Gasteiger charge is -2.10. The summed E-state index contributed by atoms with van der Waals surface area (Å²) in [5, 5.41) is 8.96. The quantitative estimate of drug-likeness (QED) is 0.578. The molecule has 0 rings (SSSR count). The predicted molar refractivity (Wildman–Crippen MR) is 43.7 cm³/mol. The number of nitrogens with two attached hydrogens (primary N) is 1. The van der Waals surface area contributed by atoms with Gasteiger partial charge in [-0.15, -0.1) is 0 Å². The standard InChI is InChI=1S/C8H17NO/c1-3-4-5-6-8(9)7(2)10/h4-5,7-8,10H,3,6,9H2,1-2H3/b5-4-/t7?,8-/m1/s1. The fraction of sp³-hybridized carbons (Fsp3) is 0.750. The Labute approximate surface area is 62.7 Å². The second kappa shape index (κ2) is 5.45. The topological polar surface area (TPSA) is 46.2 Å². The van der Waals surface area contributed by atoms with Gasteiger partial charge in [0.05, 0.1) is 6.10 Å². The van der Waals surface area contributed by atoms with Crippen LogP contribution in [0.15, 0.2) is 12.2 Å². The molecule has 0 saturated heterocycles. The van der Waals surface area contributed by atoms with Crippen LogP contribution in [-0.2, 0) is 0 Å². The van der Waals surface area contributed by atoms with Gasteiger partial charge in [-0.3, -0.25) is 0 Å². The van der Waals surface area contributed by atoms with Crippen molar-refractivity contribution in [2.24, 2.45) is 5.73 Å². The van der Waals surface area contributed by atoms with Crippen LogP contribution in [0.5, 0.6) is 0 Å². The summed E-state index contributed by atoms with van der Waals surface area (Å²) in [6.07, 6.45) is 5.47. The van der Waals surface area contributed by atoms with E-state index in [0.717, 1.165) is 12.8 Å². The Balaban J connectivity index is 3.38. The Hall–Kier alpha value is -0.340. The highest BCUT2D eigenvalue weighted by molar-refractivity contribution is 4.85. The van der Waals surface area contributed by atoms with Crippen LogP contribution < -0.4 is 5.73 Å². The van der Waals surface area contributed by atoms with Gasteiger partial charge >= 0.3 is 0 Å². The minimum atomic E-state index is -0.401. The molecule has 0 aromatic carbocycles. The summed E-state index contributed by atoms with van der Waals surface area (Å²) in [4.78, 5) is 0. The van der Waals surface area contributed by atoms with E-state index >= 15 is 0 Å². The van der Waals surface area contributed by atoms with Crippen molar-refractivity contribution in [3.8, 4) is 0 Å². The van der Waals surface area contributed by atoms with Crippen molar-refractivity contribution in [1.82, 2.24) is 0 Å². The zero-order valence-corrected chi connectivity index (χ0v) is 6.75. The second-order valence-corrected chi connectivity index (χ2v) is 2.52. The van der Waals surface area contributed by atoms with E-state index < -0.39 is 6.10 Å². The molecule has 2 atom stereocenters.